The van der Waals surface area contributed by atoms with Gasteiger partial charge in [-0.15, -0.1) is 0 Å². The number of fused-ring (bicyclic) bond motifs is 5. The van der Waals surface area contributed by atoms with Crippen LogP contribution in [0.4, 0.5) is 0 Å². The van der Waals surface area contributed by atoms with Crippen molar-refractivity contribution < 1.29 is 0 Å². The molecule has 6 rings (SSSR count). The summed E-state index contributed by atoms with van der Waals surface area (Å²) in [5.74, 6) is 0. The molecular formula is C26H16Se2. The van der Waals surface area contributed by atoms with Crippen LogP contribution in [0.3, 0.4) is 0 Å². The average Bonchev–Trinajstić information content (AvgIpc) is 3.30. The molecule has 0 spiro atoms. The third-order valence-electron chi connectivity index (χ3n) is 5.29. The first-order valence-electron chi connectivity index (χ1n) is 9.36. The van der Waals surface area contributed by atoms with Crippen LogP contribution in [0.5, 0.6) is 0 Å². The van der Waals surface area contributed by atoms with Crippen LogP contribution in [0.2, 0.25) is 0 Å². The van der Waals surface area contributed by atoms with Crippen LogP contribution < -0.4 is 0 Å². The van der Waals surface area contributed by atoms with Gasteiger partial charge in [0.15, 0.2) is 0 Å². The number of hydrogen-bond donors (Lipinski definition) is 0. The summed E-state index contributed by atoms with van der Waals surface area (Å²) >= 11 is 0.832. The Morgan fingerprint density at radius 1 is 0.393 bits per heavy atom. The van der Waals surface area contributed by atoms with Gasteiger partial charge in [-0.3, -0.25) is 0 Å². The Hall–Kier alpha value is -2.34. The molecule has 0 bridgehead atoms. The summed E-state index contributed by atoms with van der Waals surface area (Å²) in [5, 5.41) is 3.01. The van der Waals surface area contributed by atoms with Gasteiger partial charge < -0.3 is 0 Å². The Bertz CT molecular complexity index is 1440. The van der Waals surface area contributed by atoms with Crippen LogP contribution in [0.1, 0.15) is 0 Å². The molecule has 0 amide bonds. The van der Waals surface area contributed by atoms with E-state index < -0.39 is 0 Å². The fourth-order valence-corrected chi connectivity index (χ4v) is 10.2. The van der Waals surface area contributed by atoms with Gasteiger partial charge in [0.1, 0.15) is 0 Å². The molecule has 6 aromatic rings. The molecule has 0 fully saturated rings. The average molecular weight is 486 g/mol. The van der Waals surface area contributed by atoms with E-state index >= 15 is 0 Å². The molecule has 2 heterocycles. The van der Waals surface area contributed by atoms with Gasteiger partial charge in [-0.05, 0) is 0 Å². The predicted molar refractivity (Wildman–Crippen MR) is 124 cm³/mol. The number of benzene rings is 4. The molecular weight excluding hydrogens is 470 g/mol. The van der Waals surface area contributed by atoms with Crippen LogP contribution in [-0.2, 0) is 0 Å². The Morgan fingerprint density at radius 3 is 1.68 bits per heavy atom. The van der Waals surface area contributed by atoms with Crippen molar-refractivity contribution in [1.82, 2.24) is 0 Å². The molecule has 28 heavy (non-hydrogen) atoms. The summed E-state index contributed by atoms with van der Waals surface area (Å²) in [5.41, 5.74) is 5.29. The summed E-state index contributed by atoms with van der Waals surface area (Å²) in [7, 11) is 0. The SMILES string of the molecule is c1ccc(-c2ccc3c(c2)[se]c2c4cc(-c5ccccc5)ccc4[se]c32)cc1. The van der Waals surface area contributed by atoms with Crippen LogP contribution in [0.15, 0.2) is 97.1 Å². The molecule has 0 nitrogen and oxygen atoms in total. The third kappa shape index (κ3) is 2.65. The Kier molecular flexibility index (Phi) is 3.92. The molecule has 2 heteroatoms. The summed E-state index contributed by atoms with van der Waals surface area (Å²) in [6.07, 6.45) is 0. The molecule has 0 aliphatic rings. The maximum atomic E-state index is 2.43. The summed E-state index contributed by atoms with van der Waals surface area (Å²) < 4.78 is 6.36. The molecule has 2 aromatic heterocycles. The molecule has 0 N–H and O–H groups in total. The van der Waals surface area contributed by atoms with Crippen molar-refractivity contribution >= 4 is 56.8 Å². The van der Waals surface area contributed by atoms with Crippen LogP contribution >= 0.6 is 0 Å². The van der Waals surface area contributed by atoms with E-state index in [9.17, 15) is 0 Å². The van der Waals surface area contributed by atoms with Gasteiger partial charge in [0.05, 0.1) is 0 Å². The van der Waals surface area contributed by atoms with Crippen LogP contribution in [0, 0.1) is 0 Å². The molecule has 0 atom stereocenters. The summed E-state index contributed by atoms with van der Waals surface area (Å²) in [4.78, 5) is 0. The Balaban J connectivity index is 1.57. The van der Waals surface area contributed by atoms with Crippen LogP contribution in [-0.4, -0.2) is 29.0 Å². The van der Waals surface area contributed by atoms with E-state index in [0.717, 1.165) is 0 Å². The second-order valence-corrected chi connectivity index (χ2v) is 11.4. The van der Waals surface area contributed by atoms with Gasteiger partial charge in [0.2, 0.25) is 0 Å². The van der Waals surface area contributed by atoms with Gasteiger partial charge in [-0.1, -0.05) is 0 Å². The van der Waals surface area contributed by atoms with E-state index in [0.29, 0.717) is 29.0 Å². The van der Waals surface area contributed by atoms with E-state index in [1.54, 1.807) is 17.0 Å². The van der Waals surface area contributed by atoms with E-state index in [1.165, 1.54) is 33.0 Å². The number of hydrogen-bond acceptors (Lipinski definition) is 0. The van der Waals surface area contributed by atoms with Gasteiger partial charge in [0, 0.05) is 0 Å². The zero-order valence-corrected chi connectivity index (χ0v) is 18.5. The zero-order valence-electron chi connectivity index (χ0n) is 15.1. The van der Waals surface area contributed by atoms with Gasteiger partial charge >= 0.3 is 176 Å². The normalized spacial score (nSPS) is 11.6. The van der Waals surface area contributed by atoms with Gasteiger partial charge in [-0.2, -0.15) is 0 Å². The first kappa shape index (κ1) is 16.6. The van der Waals surface area contributed by atoms with Crippen molar-refractivity contribution in [3.63, 3.8) is 0 Å². The Labute approximate surface area is 175 Å². The molecule has 0 saturated heterocycles. The standard InChI is InChI=1S/C26H16Se2/c1-3-7-17(8-4-1)19-12-14-23-22(15-19)26-25(27-23)21-13-11-20(16-24(21)28-26)18-9-5-2-6-10-18/h1-16H. The molecule has 0 unspecified atom stereocenters. The van der Waals surface area contributed by atoms with E-state index in [4.69, 9.17) is 0 Å². The fourth-order valence-electron chi connectivity index (χ4n) is 3.88. The summed E-state index contributed by atoms with van der Waals surface area (Å²) in [6.45, 7) is 0. The number of rotatable bonds is 2. The van der Waals surface area contributed by atoms with E-state index in [2.05, 4.69) is 97.1 Å². The maximum absolute atomic E-state index is 2.43. The fraction of sp³-hybridized carbons (Fsp3) is 0. The van der Waals surface area contributed by atoms with E-state index in [-0.39, 0.29) is 0 Å². The predicted octanol–water partition coefficient (Wildman–Crippen LogP) is 6.59. The second kappa shape index (κ2) is 6.62. The minimum atomic E-state index is 0.401. The molecule has 132 valence electrons. The monoisotopic (exact) mass is 488 g/mol. The van der Waals surface area contributed by atoms with Crippen molar-refractivity contribution in [1.29, 1.82) is 0 Å². The van der Waals surface area contributed by atoms with Crippen LogP contribution in [0.25, 0.3) is 50.1 Å². The third-order valence-corrected chi connectivity index (χ3v) is 11.0. The molecule has 0 saturated carbocycles. The van der Waals surface area contributed by atoms with Crippen molar-refractivity contribution in [2.45, 2.75) is 0 Å². The quantitative estimate of drug-likeness (QED) is 0.242. The second-order valence-electron chi connectivity index (χ2n) is 7.02. The summed E-state index contributed by atoms with van der Waals surface area (Å²) in [6, 6.07) is 35.7. The Morgan fingerprint density at radius 2 is 0.964 bits per heavy atom. The van der Waals surface area contributed by atoms with Crippen molar-refractivity contribution in [3.05, 3.63) is 97.1 Å². The van der Waals surface area contributed by atoms with Gasteiger partial charge in [-0.25, -0.2) is 0 Å². The van der Waals surface area contributed by atoms with Crippen molar-refractivity contribution in [2.24, 2.45) is 0 Å². The first-order valence-corrected chi connectivity index (χ1v) is 12.8. The van der Waals surface area contributed by atoms with E-state index in [1.807, 2.05) is 0 Å². The first-order chi connectivity index (χ1) is 13.9. The molecule has 4 aromatic carbocycles. The van der Waals surface area contributed by atoms with Crippen molar-refractivity contribution in [3.8, 4) is 22.3 Å². The topological polar surface area (TPSA) is 0 Å². The zero-order chi connectivity index (χ0) is 18.5. The molecule has 0 aliphatic carbocycles. The van der Waals surface area contributed by atoms with Gasteiger partial charge in [0.25, 0.3) is 0 Å². The molecule has 0 radical (unpaired) electrons. The molecule has 0 aliphatic heterocycles. The minimum absolute atomic E-state index is 0.401. The van der Waals surface area contributed by atoms with Crippen molar-refractivity contribution in [2.75, 3.05) is 0 Å².